The van der Waals surface area contributed by atoms with Gasteiger partial charge in [-0.3, -0.25) is 4.79 Å². The molecule has 0 spiro atoms. The smallest absolute Gasteiger partial charge is 0.250 e. The lowest BCUT2D eigenvalue weighted by molar-refractivity contribution is 0.647. The summed E-state index contributed by atoms with van der Waals surface area (Å²) in [5.74, 6) is 0.657. The van der Waals surface area contributed by atoms with Gasteiger partial charge in [-0.05, 0) is 41.5 Å². The highest BCUT2D eigenvalue weighted by Crippen LogP contribution is 2.16. The molecule has 0 fully saturated rings. The lowest BCUT2D eigenvalue weighted by atomic mass is 10.0. The van der Waals surface area contributed by atoms with Crippen molar-refractivity contribution in [3.63, 3.8) is 0 Å². The number of pyridine rings is 1. The maximum Gasteiger partial charge on any atom is 0.250 e. The van der Waals surface area contributed by atoms with Gasteiger partial charge in [0.1, 0.15) is 0 Å². The normalized spacial score (nSPS) is 11.2. The average Bonchev–Trinajstić information content (AvgIpc) is 2.23. The fraction of sp³-hybridized carbons (Fsp3) is 0.357. The van der Waals surface area contributed by atoms with Gasteiger partial charge in [-0.15, -0.1) is 0 Å². The summed E-state index contributed by atoms with van der Waals surface area (Å²) in [5.41, 5.74) is 2.38. The van der Waals surface area contributed by atoms with Crippen molar-refractivity contribution in [3.05, 3.63) is 46.2 Å². The van der Waals surface area contributed by atoms with Crippen molar-refractivity contribution in [3.8, 4) is 0 Å². The van der Waals surface area contributed by atoms with Gasteiger partial charge in [-0.25, -0.2) is 0 Å². The summed E-state index contributed by atoms with van der Waals surface area (Å²) in [5, 5.41) is 1.14. The largest absolute Gasteiger partial charge is 0.311 e. The highest BCUT2D eigenvalue weighted by molar-refractivity contribution is 5.79. The van der Waals surface area contributed by atoms with Gasteiger partial charge < -0.3 is 4.57 Å². The van der Waals surface area contributed by atoms with E-state index in [1.165, 1.54) is 5.56 Å². The quantitative estimate of drug-likeness (QED) is 0.755. The van der Waals surface area contributed by atoms with E-state index < -0.39 is 0 Å². The van der Waals surface area contributed by atoms with Crippen LogP contribution in [0.15, 0.2) is 35.1 Å². The zero-order valence-electron chi connectivity index (χ0n) is 10.0. The van der Waals surface area contributed by atoms with E-state index in [9.17, 15) is 4.79 Å². The SMILES string of the molecule is CC(C)Cc1ccc2c(ccc(=O)n2C)c1. The molecule has 2 nitrogen and oxygen atoms in total. The maximum atomic E-state index is 11.5. The molecular formula is C14H17NO. The van der Waals surface area contributed by atoms with Crippen LogP contribution in [0.4, 0.5) is 0 Å². The first-order valence-corrected chi connectivity index (χ1v) is 5.66. The lowest BCUT2D eigenvalue weighted by Crippen LogP contribution is -2.15. The second-order valence-corrected chi connectivity index (χ2v) is 4.72. The van der Waals surface area contributed by atoms with E-state index in [2.05, 4.69) is 26.0 Å². The van der Waals surface area contributed by atoms with Crippen molar-refractivity contribution in [1.82, 2.24) is 4.57 Å². The molecular weight excluding hydrogens is 198 g/mol. The van der Waals surface area contributed by atoms with Crippen LogP contribution < -0.4 is 5.56 Å². The predicted molar refractivity (Wildman–Crippen MR) is 67.7 cm³/mol. The van der Waals surface area contributed by atoms with E-state index in [1.54, 1.807) is 10.6 Å². The first-order chi connectivity index (χ1) is 7.58. The number of aryl methyl sites for hydroxylation is 1. The molecule has 0 amide bonds. The third kappa shape index (κ3) is 2.01. The van der Waals surface area contributed by atoms with Gasteiger partial charge in [0.05, 0.1) is 5.52 Å². The molecule has 0 radical (unpaired) electrons. The molecule has 84 valence electrons. The van der Waals surface area contributed by atoms with Crippen molar-refractivity contribution in [1.29, 1.82) is 0 Å². The van der Waals surface area contributed by atoms with Gasteiger partial charge in [0.25, 0.3) is 5.56 Å². The Kier molecular flexibility index (Phi) is 2.82. The zero-order valence-corrected chi connectivity index (χ0v) is 10.0. The van der Waals surface area contributed by atoms with Gasteiger partial charge in [-0.1, -0.05) is 19.9 Å². The van der Waals surface area contributed by atoms with E-state index in [1.807, 2.05) is 19.2 Å². The zero-order chi connectivity index (χ0) is 11.7. The molecule has 2 rings (SSSR count). The molecule has 0 atom stereocenters. The molecule has 0 aliphatic rings. The summed E-state index contributed by atoms with van der Waals surface area (Å²) in [6.45, 7) is 4.43. The molecule has 0 saturated heterocycles. The van der Waals surface area contributed by atoms with E-state index >= 15 is 0 Å². The molecule has 0 bridgehead atoms. The average molecular weight is 215 g/mol. The summed E-state index contributed by atoms with van der Waals surface area (Å²) >= 11 is 0. The van der Waals surface area contributed by atoms with E-state index in [-0.39, 0.29) is 5.56 Å². The van der Waals surface area contributed by atoms with Crippen LogP contribution in [0.3, 0.4) is 0 Å². The Morgan fingerprint density at radius 2 is 1.94 bits per heavy atom. The van der Waals surface area contributed by atoms with E-state index in [0.717, 1.165) is 17.3 Å². The van der Waals surface area contributed by atoms with Crippen LogP contribution in [-0.4, -0.2) is 4.57 Å². The van der Waals surface area contributed by atoms with Crippen molar-refractivity contribution in [2.75, 3.05) is 0 Å². The topological polar surface area (TPSA) is 22.0 Å². The van der Waals surface area contributed by atoms with Gasteiger partial charge in [0.15, 0.2) is 0 Å². The molecule has 0 aliphatic heterocycles. The fourth-order valence-electron chi connectivity index (χ4n) is 2.03. The number of nitrogens with zero attached hydrogens (tertiary/aromatic N) is 1. The highest BCUT2D eigenvalue weighted by atomic mass is 16.1. The minimum atomic E-state index is 0.0455. The second kappa shape index (κ2) is 4.12. The summed E-state index contributed by atoms with van der Waals surface area (Å²) in [6.07, 6.45) is 1.08. The van der Waals surface area contributed by atoms with Crippen LogP contribution in [0.5, 0.6) is 0 Å². The van der Waals surface area contributed by atoms with Crippen LogP contribution in [0, 0.1) is 5.92 Å². The number of hydrogen-bond donors (Lipinski definition) is 0. The summed E-state index contributed by atoms with van der Waals surface area (Å²) in [6, 6.07) is 9.86. The third-order valence-corrected chi connectivity index (χ3v) is 2.83. The van der Waals surface area contributed by atoms with Crippen LogP contribution in [0.2, 0.25) is 0 Å². The molecule has 2 heteroatoms. The standard InChI is InChI=1S/C14H17NO/c1-10(2)8-11-4-6-13-12(9-11)5-7-14(16)15(13)3/h4-7,9-10H,8H2,1-3H3. The Morgan fingerprint density at radius 1 is 1.19 bits per heavy atom. The molecule has 0 unspecified atom stereocenters. The minimum Gasteiger partial charge on any atom is -0.311 e. The number of hydrogen-bond acceptors (Lipinski definition) is 1. The van der Waals surface area contributed by atoms with E-state index in [4.69, 9.17) is 0 Å². The molecule has 1 aromatic carbocycles. The third-order valence-electron chi connectivity index (χ3n) is 2.83. The van der Waals surface area contributed by atoms with Crippen molar-refractivity contribution in [2.45, 2.75) is 20.3 Å². The molecule has 1 heterocycles. The molecule has 1 aromatic heterocycles. The fourth-order valence-corrected chi connectivity index (χ4v) is 2.03. The molecule has 0 saturated carbocycles. The maximum absolute atomic E-state index is 11.5. The highest BCUT2D eigenvalue weighted by Gasteiger charge is 2.02. The molecule has 0 N–H and O–H groups in total. The van der Waals surface area contributed by atoms with Crippen molar-refractivity contribution < 1.29 is 0 Å². The number of aromatic nitrogens is 1. The second-order valence-electron chi connectivity index (χ2n) is 4.72. The van der Waals surface area contributed by atoms with Crippen molar-refractivity contribution >= 4 is 10.9 Å². The monoisotopic (exact) mass is 215 g/mol. The Bertz CT molecular complexity index is 566. The van der Waals surface area contributed by atoms with Crippen LogP contribution >= 0.6 is 0 Å². The van der Waals surface area contributed by atoms with E-state index in [0.29, 0.717) is 5.92 Å². The molecule has 16 heavy (non-hydrogen) atoms. The summed E-state index contributed by atoms with van der Waals surface area (Å²) in [4.78, 5) is 11.5. The first-order valence-electron chi connectivity index (χ1n) is 5.66. The van der Waals surface area contributed by atoms with Gasteiger partial charge in [0.2, 0.25) is 0 Å². The van der Waals surface area contributed by atoms with Crippen molar-refractivity contribution in [2.24, 2.45) is 13.0 Å². The Balaban J connectivity index is 2.56. The van der Waals surface area contributed by atoms with Crippen LogP contribution in [-0.2, 0) is 13.5 Å². The summed E-state index contributed by atoms with van der Waals surface area (Å²) < 4.78 is 1.69. The minimum absolute atomic E-state index is 0.0455. The Hall–Kier alpha value is -1.57. The van der Waals surface area contributed by atoms with Gasteiger partial charge >= 0.3 is 0 Å². The molecule has 2 aromatic rings. The van der Waals surface area contributed by atoms with Gasteiger partial charge in [-0.2, -0.15) is 0 Å². The molecule has 0 aliphatic carbocycles. The number of fused-ring (bicyclic) bond motifs is 1. The summed E-state index contributed by atoms with van der Waals surface area (Å²) in [7, 11) is 1.81. The first kappa shape index (κ1) is 10.9. The Labute approximate surface area is 95.5 Å². The predicted octanol–water partition coefficient (Wildman–Crippen LogP) is 2.74. The van der Waals surface area contributed by atoms with Crippen LogP contribution in [0.25, 0.3) is 10.9 Å². The van der Waals surface area contributed by atoms with Crippen LogP contribution in [0.1, 0.15) is 19.4 Å². The number of rotatable bonds is 2. The Morgan fingerprint density at radius 3 is 2.62 bits per heavy atom. The lowest BCUT2D eigenvalue weighted by Gasteiger charge is -2.08. The number of benzene rings is 1. The van der Waals surface area contributed by atoms with Gasteiger partial charge in [0, 0.05) is 13.1 Å².